The van der Waals surface area contributed by atoms with Crippen LogP contribution in [-0.2, 0) is 10.0 Å². The van der Waals surface area contributed by atoms with Crippen molar-refractivity contribution in [1.82, 2.24) is 0 Å². The Labute approximate surface area is 83.4 Å². The van der Waals surface area contributed by atoms with Crippen molar-refractivity contribution in [1.29, 1.82) is 0 Å². The summed E-state index contributed by atoms with van der Waals surface area (Å²) in [5.74, 6) is -3.82. The van der Waals surface area contributed by atoms with E-state index in [1.807, 2.05) is 0 Å². The SMILES string of the molecule is CC(C)(O[SiH3])c1cc(F)c(F)c(F)c1. The van der Waals surface area contributed by atoms with Crippen molar-refractivity contribution in [2.75, 3.05) is 0 Å². The van der Waals surface area contributed by atoms with Crippen molar-refractivity contribution in [2.45, 2.75) is 19.4 Å². The van der Waals surface area contributed by atoms with E-state index in [2.05, 4.69) is 0 Å². The Morgan fingerprint density at radius 2 is 1.57 bits per heavy atom. The van der Waals surface area contributed by atoms with Gasteiger partial charge >= 0.3 is 0 Å². The quantitative estimate of drug-likeness (QED) is 0.544. The number of halogens is 3. The molecule has 0 aliphatic heterocycles. The van der Waals surface area contributed by atoms with E-state index in [0.717, 1.165) is 12.1 Å². The highest BCUT2D eigenvalue weighted by Gasteiger charge is 2.22. The summed E-state index contributed by atoms with van der Waals surface area (Å²) in [5, 5.41) is 0. The van der Waals surface area contributed by atoms with Crippen LogP contribution in [0.3, 0.4) is 0 Å². The number of hydrogen-bond acceptors (Lipinski definition) is 1. The fraction of sp³-hybridized carbons (Fsp3) is 0.333. The molecule has 5 heteroatoms. The molecule has 0 saturated heterocycles. The summed E-state index contributed by atoms with van der Waals surface area (Å²) in [6.45, 7) is 3.35. The van der Waals surface area contributed by atoms with Gasteiger partial charge in [-0.15, -0.1) is 0 Å². The van der Waals surface area contributed by atoms with Crippen LogP contribution in [0.5, 0.6) is 0 Å². The van der Waals surface area contributed by atoms with Crippen molar-refractivity contribution in [3.8, 4) is 0 Å². The largest absolute Gasteiger partial charge is 0.419 e. The standard InChI is InChI=1S/C9H11F3OSi/c1-9(2,13-14)5-3-6(10)8(12)7(11)4-5/h3-4H,1-2,14H3. The highest BCUT2D eigenvalue weighted by molar-refractivity contribution is 5.98. The second-order valence-electron chi connectivity index (χ2n) is 3.47. The minimum absolute atomic E-state index is 0.295. The highest BCUT2D eigenvalue weighted by atomic mass is 28.2. The fourth-order valence-electron chi connectivity index (χ4n) is 1.02. The molecule has 0 radical (unpaired) electrons. The van der Waals surface area contributed by atoms with Gasteiger partial charge in [0.1, 0.15) is 10.5 Å². The Morgan fingerprint density at radius 1 is 1.14 bits per heavy atom. The molecule has 0 bridgehead atoms. The molecule has 0 atom stereocenters. The van der Waals surface area contributed by atoms with E-state index in [9.17, 15) is 13.2 Å². The van der Waals surface area contributed by atoms with Gasteiger partial charge in [0, 0.05) is 0 Å². The Kier molecular flexibility index (Phi) is 3.01. The number of benzene rings is 1. The molecule has 1 nitrogen and oxygen atoms in total. The van der Waals surface area contributed by atoms with Gasteiger partial charge in [-0.1, -0.05) is 0 Å². The van der Waals surface area contributed by atoms with Crippen molar-refractivity contribution in [2.24, 2.45) is 0 Å². The maximum atomic E-state index is 12.8. The van der Waals surface area contributed by atoms with E-state index in [1.165, 1.54) is 0 Å². The first-order chi connectivity index (χ1) is 6.38. The third kappa shape index (κ3) is 1.98. The molecule has 0 fully saturated rings. The lowest BCUT2D eigenvalue weighted by Crippen LogP contribution is -2.21. The first kappa shape index (κ1) is 11.3. The predicted molar refractivity (Wildman–Crippen MR) is 50.4 cm³/mol. The summed E-state index contributed by atoms with van der Waals surface area (Å²) in [6.07, 6.45) is 0. The molecule has 14 heavy (non-hydrogen) atoms. The molecule has 0 N–H and O–H groups in total. The Bertz CT molecular complexity index is 329. The van der Waals surface area contributed by atoms with Crippen LogP contribution in [0.25, 0.3) is 0 Å². The van der Waals surface area contributed by atoms with E-state index in [4.69, 9.17) is 4.43 Å². The van der Waals surface area contributed by atoms with Gasteiger partial charge in [0.05, 0.1) is 5.60 Å². The smallest absolute Gasteiger partial charge is 0.194 e. The van der Waals surface area contributed by atoms with E-state index >= 15 is 0 Å². The minimum Gasteiger partial charge on any atom is -0.419 e. The first-order valence-corrected chi connectivity index (χ1v) is 4.90. The van der Waals surface area contributed by atoms with Gasteiger partial charge in [0.2, 0.25) is 0 Å². The van der Waals surface area contributed by atoms with E-state index in [1.54, 1.807) is 13.8 Å². The summed E-state index contributed by atoms with van der Waals surface area (Å²) in [6, 6.07) is 1.91. The zero-order chi connectivity index (χ0) is 10.9. The van der Waals surface area contributed by atoms with Crippen LogP contribution in [0.1, 0.15) is 19.4 Å². The summed E-state index contributed by atoms with van der Waals surface area (Å²) < 4.78 is 43.5. The molecule has 0 saturated carbocycles. The molecule has 78 valence electrons. The van der Waals surface area contributed by atoms with Crippen LogP contribution in [0.4, 0.5) is 13.2 Å². The van der Waals surface area contributed by atoms with Crippen molar-refractivity contribution >= 4 is 10.5 Å². The van der Waals surface area contributed by atoms with Gasteiger partial charge in [-0.2, -0.15) is 0 Å². The second kappa shape index (κ2) is 3.74. The van der Waals surface area contributed by atoms with Crippen molar-refractivity contribution < 1.29 is 17.6 Å². The van der Waals surface area contributed by atoms with Crippen LogP contribution in [-0.4, -0.2) is 10.5 Å². The minimum atomic E-state index is -1.45. The third-order valence-corrected chi connectivity index (χ3v) is 3.21. The van der Waals surface area contributed by atoms with Crippen LogP contribution < -0.4 is 0 Å². The molecular weight excluding hydrogens is 209 g/mol. The molecule has 0 aliphatic carbocycles. The molecule has 0 aliphatic rings. The molecule has 0 spiro atoms. The maximum Gasteiger partial charge on any atom is 0.194 e. The van der Waals surface area contributed by atoms with Gasteiger partial charge in [0.25, 0.3) is 0 Å². The summed E-state index contributed by atoms with van der Waals surface area (Å²) >= 11 is 0. The predicted octanol–water partition coefficient (Wildman–Crippen LogP) is 1.64. The van der Waals surface area contributed by atoms with Gasteiger partial charge in [0.15, 0.2) is 17.5 Å². The van der Waals surface area contributed by atoms with Crippen LogP contribution >= 0.6 is 0 Å². The van der Waals surface area contributed by atoms with E-state index in [0.29, 0.717) is 16.0 Å². The van der Waals surface area contributed by atoms with Crippen LogP contribution in [0.15, 0.2) is 12.1 Å². The summed E-state index contributed by atoms with van der Waals surface area (Å²) in [5.41, 5.74) is -0.481. The summed E-state index contributed by atoms with van der Waals surface area (Å²) in [7, 11) is 0.437. The molecule has 0 amide bonds. The molecule has 0 aromatic heterocycles. The molecule has 1 aromatic rings. The molecule has 0 heterocycles. The summed E-state index contributed by atoms with van der Waals surface area (Å²) in [4.78, 5) is 0. The Hall–Kier alpha value is -0.813. The first-order valence-electron chi connectivity index (χ1n) is 4.08. The Morgan fingerprint density at radius 3 is 1.93 bits per heavy atom. The second-order valence-corrected chi connectivity index (χ2v) is 3.88. The van der Waals surface area contributed by atoms with Gasteiger partial charge in [-0.3, -0.25) is 0 Å². The molecule has 1 rings (SSSR count). The van der Waals surface area contributed by atoms with Crippen LogP contribution in [0.2, 0.25) is 0 Å². The fourth-order valence-corrected chi connectivity index (χ4v) is 1.26. The van der Waals surface area contributed by atoms with Crippen LogP contribution in [0, 0.1) is 17.5 Å². The number of hydrogen-bond donors (Lipinski definition) is 0. The lowest BCUT2D eigenvalue weighted by Gasteiger charge is -2.24. The lowest BCUT2D eigenvalue weighted by molar-refractivity contribution is 0.122. The highest BCUT2D eigenvalue weighted by Crippen LogP contribution is 2.26. The monoisotopic (exact) mass is 220 g/mol. The van der Waals surface area contributed by atoms with Crippen molar-refractivity contribution in [3.05, 3.63) is 35.1 Å². The lowest BCUT2D eigenvalue weighted by atomic mass is 9.98. The normalized spacial score (nSPS) is 12.1. The van der Waals surface area contributed by atoms with Crippen molar-refractivity contribution in [3.63, 3.8) is 0 Å². The van der Waals surface area contributed by atoms with E-state index in [-0.39, 0.29) is 0 Å². The van der Waals surface area contributed by atoms with Gasteiger partial charge in [-0.25, -0.2) is 13.2 Å². The zero-order valence-corrected chi connectivity index (χ0v) is 10.2. The molecule has 0 unspecified atom stereocenters. The topological polar surface area (TPSA) is 9.23 Å². The third-order valence-electron chi connectivity index (χ3n) is 2.19. The van der Waals surface area contributed by atoms with Gasteiger partial charge in [-0.05, 0) is 31.5 Å². The molecule has 1 aromatic carbocycles. The molecular formula is C9H11F3OSi. The average molecular weight is 220 g/mol. The Balaban J connectivity index is 3.26. The number of rotatable bonds is 2. The average Bonchev–Trinajstić information content (AvgIpc) is 2.13. The maximum absolute atomic E-state index is 12.8. The zero-order valence-electron chi connectivity index (χ0n) is 8.20. The van der Waals surface area contributed by atoms with E-state index < -0.39 is 23.1 Å². The van der Waals surface area contributed by atoms with Gasteiger partial charge < -0.3 is 4.43 Å².